The Kier molecular flexibility index (Phi) is 7.59. The van der Waals surface area contributed by atoms with Crippen LogP contribution in [0.4, 0.5) is 10.2 Å². The second-order valence-corrected chi connectivity index (χ2v) is 8.63. The van der Waals surface area contributed by atoms with Crippen LogP contribution in [0.1, 0.15) is 56.2 Å². The van der Waals surface area contributed by atoms with Crippen LogP contribution in [-0.4, -0.2) is 15.9 Å². The van der Waals surface area contributed by atoms with Crippen LogP contribution < -0.4 is 5.32 Å². The molecule has 1 fully saturated rings. The van der Waals surface area contributed by atoms with Gasteiger partial charge in [-0.1, -0.05) is 62.4 Å². The summed E-state index contributed by atoms with van der Waals surface area (Å²) in [6.45, 7) is 0. The van der Waals surface area contributed by atoms with E-state index in [0.29, 0.717) is 30.3 Å². The van der Waals surface area contributed by atoms with Gasteiger partial charge in [0.2, 0.25) is 5.91 Å². The maximum atomic E-state index is 13.3. The summed E-state index contributed by atoms with van der Waals surface area (Å²) in [6, 6.07) is 16.3. The van der Waals surface area contributed by atoms with Crippen LogP contribution in [0.3, 0.4) is 0 Å². The van der Waals surface area contributed by atoms with Crippen molar-refractivity contribution in [2.45, 2.75) is 57.8 Å². The fourth-order valence-corrected chi connectivity index (χ4v) is 4.38. The summed E-state index contributed by atoms with van der Waals surface area (Å²) in [6.07, 6.45) is 11.0. The normalized spacial score (nSPS) is 14.3. The molecule has 1 aromatic heterocycles. The van der Waals surface area contributed by atoms with Crippen molar-refractivity contribution in [2.75, 3.05) is 5.32 Å². The predicted octanol–water partition coefficient (Wildman–Crippen LogP) is 6.37. The lowest BCUT2D eigenvalue weighted by Gasteiger charge is -2.21. The number of aryl methyl sites for hydroxylation is 2. The van der Waals surface area contributed by atoms with Gasteiger partial charge in [-0.25, -0.2) is 14.4 Å². The first-order valence-electron chi connectivity index (χ1n) is 11.6. The van der Waals surface area contributed by atoms with Crippen LogP contribution in [0.25, 0.3) is 11.3 Å². The van der Waals surface area contributed by atoms with Crippen molar-refractivity contribution >= 4 is 11.7 Å². The topological polar surface area (TPSA) is 54.9 Å². The summed E-state index contributed by atoms with van der Waals surface area (Å²) in [7, 11) is 0. The number of nitrogens with one attached hydrogen (secondary N) is 1. The summed E-state index contributed by atoms with van der Waals surface area (Å²) in [4.78, 5) is 22.0. The van der Waals surface area contributed by atoms with Crippen LogP contribution in [0.2, 0.25) is 0 Å². The van der Waals surface area contributed by atoms with Gasteiger partial charge < -0.3 is 5.32 Å². The minimum absolute atomic E-state index is 0.0587. The number of rotatable bonds is 8. The molecule has 1 aliphatic rings. The van der Waals surface area contributed by atoms with Gasteiger partial charge in [0, 0.05) is 12.0 Å². The number of aromatic nitrogens is 2. The number of halogens is 1. The van der Waals surface area contributed by atoms with E-state index in [0.717, 1.165) is 29.7 Å². The Morgan fingerprint density at radius 2 is 1.72 bits per heavy atom. The van der Waals surface area contributed by atoms with Gasteiger partial charge >= 0.3 is 0 Å². The number of benzene rings is 2. The highest BCUT2D eigenvalue weighted by Crippen LogP contribution is 2.29. The molecular weight excluding hydrogens is 401 g/mol. The van der Waals surface area contributed by atoms with E-state index in [1.165, 1.54) is 44.2 Å². The first-order chi connectivity index (χ1) is 15.7. The highest BCUT2D eigenvalue weighted by molar-refractivity contribution is 5.90. The van der Waals surface area contributed by atoms with Crippen LogP contribution in [0, 0.1) is 11.7 Å². The molecule has 0 aliphatic heterocycles. The van der Waals surface area contributed by atoms with Gasteiger partial charge in [-0.3, -0.25) is 4.79 Å². The maximum Gasteiger partial charge on any atom is 0.225 e. The molecule has 1 aliphatic carbocycles. The van der Waals surface area contributed by atoms with Crippen LogP contribution in [0.15, 0.2) is 60.8 Å². The van der Waals surface area contributed by atoms with Crippen LogP contribution >= 0.6 is 0 Å². The number of hydrogen-bond acceptors (Lipinski definition) is 3. The second-order valence-electron chi connectivity index (χ2n) is 8.63. The number of hydrogen-bond donors (Lipinski definition) is 1. The number of carbonyl (C=O) groups is 1. The van der Waals surface area contributed by atoms with E-state index in [2.05, 4.69) is 10.3 Å². The molecule has 0 atom stereocenters. The summed E-state index contributed by atoms with van der Waals surface area (Å²) < 4.78 is 13.3. The molecule has 0 bridgehead atoms. The molecule has 1 saturated carbocycles. The molecule has 166 valence electrons. The van der Waals surface area contributed by atoms with Crippen LogP contribution in [0.5, 0.6) is 0 Å². The standard InChI is InChI=1S/C27H30FN3O/c28-23-15-13-22(14-16-23)25-19-29-27(24(30-25)17-11-20-7-3-1-4-8-20)31-26(32)18-12-21-9-5-2-6-10-21/h2,5-6,9-10,13-16,19-20H,1,3-4,7-8,11-12,17-18H2,(H,29,31,32). The smallest absolute Gasteiger partial charge is 0.225 e. The number of carbonyl (C=O) groups excluding carboxylic acids is 1. The van der Waals surface area contributed by atoms with Crippen LogP contribution in [-0.2, 0) is 17.6 Å². The third kappa shape index (κ3) is 6.22. The van der Waals surface area contributed by atoms with Crippen molar-refractivity contribution in [3.8, 4) is 11.3 Å². The Morgan fingerprint density at radius 3 is 2.47 bits per heavy atom. The van der Waals surface area contributed by atoms with Crippen molar-refractivity contribution in [1.29, 1.82) is 0 Å². The lowest BCUT2D eigenvalue weighted by molar-refractivity contribution is -0.116. The molecular formula is C27H30FN3O. The monoisotopic (exact) mass is 431 g/mol. The van der Waals surface area contributed by atoms with Gasteiger partial charge in [0.1, 0.15) is 5.82 Å². The van der Waals surface area contributed by atoms with Crippen molar-refractivity contribution in [3.63, 3.8) is 0 Å². The average molecular weight is 432 g/mol. The zero-order valence-corrected chi connectivity index (χ0v) is 18.4. The van der Waals surface area contributed by atoms with Gasteiger partial charge in [0.15, 0.2) is 5.82 Å². The Morgan fingerprint density at radius 1 is 0.969 bits per heavy atom. The molecule has 1 amide bonds. The molecule has 4 nitrogen and oxygen atoms in total. The lowest BCUT2D eigenvalue weighted by atomic mass is 9.86. The van der Waals surface area contributed by atoms with E-state index in [9.17, 15) is 9.18 Å². The highest BCUT2D eigenvalue weighted by atomic mass is 19.1. The van der Waals surface area contributed by atoms with E-state index in [-0.39, 0.29) is 11.7 Å². The summed E-state index contributed by atoms with van der Waals surface area (Å²) >= 11 is 0. The van der Waals surface area contributed by atoms with E-state index >= 15 is 0 Å². The minimum Gasteiger partial charge on any atom is -0.309 e. The van der Waals surface area contributed by atoms with Gasteiger partial charge in [-0.15, -0.1) is 0 Å². The third-order valence-corrected chi connectivity index (χ3v) is 6.24. The minimum atomic E-state index is -0.276. The zero-order valence-electron chi connectivity index (χ0n) is 18.4. The van der Waals surface area contributed by atoms with Gasteiger partial charge in [0.25, 0.3) is 0 Å². The van der Waals surface area contributed by atoms with E-state index < -0.39 is 0 Å². The first-order valence-corrected chi connectivity index (χ1v) is 11.6. The van der Waals surface area contributed by atoms with Crippen molar-refractivity contribution in [3.05, 3.63) is 77.9 Å². The number of amides is 1. The maximum absolute atomic E-state index is 13.3. The van der Waals surface area contributed by atoms with Crippen molar-refractivity contribution in [1.82, 2.24) is 9.97 Å². The Balaban J connectivity index is 1.48. The molecule has 5 heteroatoms. The first kappa shape index (κ1) is 22.1. The number of nitrogens with zero attached hydrogens (tertiary/aromatic N) is 2. The van der Waals surface area contributed by atoms with Gasteiger partial charge in [0.05, 0.1) is 17.6 Å². The molecule has 0 saturated heterocycles. The van der Waals surface area contributed by atoms with Gasteiger partial charge in [-0.2, -0.15) is 0 Å². The molecule has 4 rings (SSSR count). The molecule has 32 heavy (non-hydrogen) atoms. The second kappa shape index (κ2) is 11.0. The summed E-state index contributed by atoms with van der Waals surface area (Å²) in [5.74, 6) is 0.921. The SMILES string of the molecule is O=C(CCc1ccccc1)Nc1ncc(-c2ccc(F)cc2)nc1CCC1CCCCC1. The van der Waals surface area contributed by atoms with Crippen molar-refractivity contribution < 1.29 is 9.18 Å². The third-order valence-electron chi connectivity index (χ3n) is 6.24. The summed E-state index contributed by atoms with van der Waals surface area (Å²) in [5, 5.41) is 2.98. The zero-order chi connectivity index (χ0) is 22.2. The quantitative estimate of drug-likeness (QED) is 0.451. The Hall–Kier alpha value is -3.08. The molecule has 0 unspecified atom stereocenters. The molecule has 0 spiro atoms. The predicted molar refractivity (Wildman–Crippen MR) is 126 cm³/mol. The summed E-state index contributed by atoms with van der Waals surface area (Å²) in [5.41, 5.74) is 3.47. The van der Waals surface area contributed by atoms with E-state index in [1.54, 1.807) is 18.3 Å². The fourth-order valence-electron chi connectivity index (χ4n) is 4.38. The lowest BCUT2D eigenvalue weighted by Crippen LogP contribution is -2.16. The fraction of sp³-hybridized carbons (Fsp3) is 0.370. The average Bonchev–Trinajstić information content (AvgIpc) is 2.84. The van der Waals surface area contributed by atoms with Crippen molar-refractivity contribution in [2.24, 2.45) is 5.92 Å². The van der Waals surface area contributed by atoms with E-state index in [1.807, 2.05) is 30.3 Å². The number of anilines is 1. The van der Waals surface area contributed by atoms with E-state index in [4.69, 9.17) is 4.98 Å². The molecule has 1 heterocycles. The highest BCUT2D eigenvalue weighted by Gasteiger charge is 2.17. The molecule has 0 radical (unpaired) electrons. The van der Waals surface area contributed by atoms with Gasteiger partial charge in [-0.05, 0) is 55.0 Å². The molecule has 1 N–H and O–H groups in total. The molecule has 2 aromatic carbocycles. The molecule has 3 aromatic rings. The largest absolute Gasteiger partial charge is 0.309 e. The Bertz CT molecular complexity index is 1010. The Labute approximate surface area is 189 Å².